The smallest absolute Gasteiger partial charge is 0.145 e. The first-order valence-corrected chi connectivity index (χ1v) is 9.25. The van der Waals surface area contributed by atoms with Crippen LogP contribution in [0.4, 0.5) is 8.78 Å². The van der Waals surface area contributed by atoms with E-state index in [-0.39, 0.29) is 11.1 Å². The quantitative estimate of drug-likeness (QED) is 0.701. The van der Waals surface area contributed by atoms with Crippen LogP contribution in [0.1, 0.15) is 62.5 Å². The number of halogens is 2. The second-order valence-corrected chi connectivity index (χ2v) is 7.21. The van der Waals surface area contributed by atoms with E-state index in [1.54, 1.807) is 12.1 Å². The molecular formula is C22H23F2NO. The average Bonchev–Trinajstić information content (AvgIpc) is 2.62. The number of hydrogen-bond donors (Lipinski definition) is 1. The van der Waals surface area contributed by atoms with Gasteiger partial charge in [0.05, 0.1) is 0 Å². The molecule has 1 fully saturated rings. The van der Waals surface area contributed by atoms with Gasteiger partial charge >= 0.3 is 0 Å². The molecule has 0 aliphatic heterocycles. The standard InChI is InChI=1S/C22H23F2NO/c1-2-3-14-4-6-15(7-5-14)16-8-9-18(20(23)10-16)17-11-21(24)19(13-25)22(26)12-17/h8-12,14-15,26H,2-7H2,1H3. The summed E-state index contributed by atoms with van der Waals surface area (Å²) in [6.07, 6.45) is 7.03. The van der Waals surface area contributed by atoms with Gasteiger partial charge in [0.25, 0.3) is 0 Å². The van der Waals surface area contributed by atoms with E-state index in [0.29, 0.717) is 5.92 Å². The molecule has 1 saturated carbocycles. The molecule has 1 N–H and O–H groups in total. The van der Waals surface area contributed by atoms with Crippen LogP contribution >= 0.6 is 0 Å². The normalized spacial score (nSPS) is 19.9. The molecule has 0 heterocycles. The van der Waals surface area contributed by atoms with Crippen molar-refractivity contribution in [2.24, 2.45) is 5.92 Å². The summed E-state index contributed by atoms with van der Waals surface area (Å²) in [6.45, 7) is 2.21. The molecule has 0 spiro atoms. The maximum absolute atomic E-state index is 14.7. The van der Waals surface area contributed by atoms with Crippen molar-refractivity contribution >= 4 is 0 Å². The Morgan fingerprint density at radius 1 is 1.08 bits per heavy atom. The Morgan fingerprint density at radius 2 is 1.81 bits per heavy atom. The van der Waals surface area contributed by atoms with E-state index in [4.69, 9.17) is 5.26 Å². The van der Waals surface area contributed by atoms with E-state index in [1.807, 2.05) is 6.07 Å². The van der Waals surface area contributed by atoms with Crippen molar-refractivity contribution in [3.63, 3.8) is 0 Å². The molecule has 26 heavy (non-hydrogen) atoms. The Morgan fingerprint density at radius 3 is 2.38 bits per heavy atom. The second-order valence-electron chi connectivity index (χ2n) is 7.21. The van der Waals surface area contributed by atoms with Crippen molar-refractivity contribution in [2.75, 3.05) is 0 Å². The number of rotatable bonds is 4. The fourth-order valence-corrected chi connectivity index (χ4v) is 4.07. The Labute approximate surface area is 153 Å². The Bertz CT molecular complexity index is 810. The zero-order valence-corrected chi connectivity index (χ0v) is 14.9. The van der Waals surface area contributed by atoms with Crippen LogP contribution in [0.3, 0.4) is 0 Å². The number of phenolic OH excluding ortho intramolecular Hbond substituents is 1. The molecule has 1 aliphatic carbocycles. The zero-order valence-electron chi connectivity index (χ0n) is 14.9. The van der Waals surface area contributed by atoms with E-state index >= 15 is 0 Å². The summed E-state index contributed by atoms with van der Waals surface area (Å²) in [4.78, 5) is 0. The van der Waals surface area contributed by atoms with Gasteiger partial charge in [-0.05, 0) is 66.8 Å². The van der Waals surface area contributed by atoms with Crippen LogP contribution in [0.2, 0.25) is 0 Å². The average molecular weight is 355 g/mol. The van der Waals surface area contributed by atoms with Gasteiger partial charge in [-0.25, -0.2) is 8.78 Å². The number of hydrogen-bond acceptors (Lipinski definition) is 2. The summed E-state index contributed by atoms with van der Waals surface area (Å²) in [5.41, 5.74) is 1.02. The molecule has 2 aromatic rings. The van der Waals surface area contributed by atoms with Crippen molar-refractivity contribution in [1.29, 1.82) is 5.26 Å². The summed E-state index contributed by atoms with van der Waals surface area (Å²) >= 11 is 0. The minimum atomic E-state index is -0.847. The van der Waals surface area contributed by atoms with E-state index in [1.165, 1.54) is 37.8 Å². The highest BCUT2D eigenvalue weighted by molar-refractivity contribution is 5.68. The van der Waals surface area contributed by atoms with Gasteiger partial charge in [-0.2, -0.15) is 5.26 Å². The third-order valence-electron chi connectivity index (χ3n) is 5.50. The molecule has 4 heteroatoms. The van der Waals surface area contributed by atoms with E-state index < -0.39 is 22.9 Å². The predicted molar refractivity (Wildman–Crippen MR) is 97.8 cm³/mol. The number of nitriles is 1. The first-order valence-electron chi connectivity index (χ1n) is 9.25. The van der Waals surface area contributed by atoms with E-state index in [2.05, 4.69) is 6.92 Å². The monoisotopic (exact) mass is 355 g/mol. The van der Waals surface area contributed by atoms with Gasteiger partial charge in [0.15, 0.2) is 0 Å². The molecule has 0 bridgehead atoms. The Kier molecular flexibility index (Phi) is 5.56. The molecule has 0 radical (unpaired) electrons. The minimum Gasteiger partial charge on any atom is -0.506 e. The van der Waals surface area contributed by atoms with Crippen LogP contribution < -0.4 is 0 Å². The lowest BCUT2D eigenvalue weighted by Crippen LogP contribution is -2.13. The molecule has 3 rings (SSSR count). The molecule has 0 amide bonds. The van der Waals surface area contributed by atoms with Crippen LogP contribution in [0.5, 0.6) is 5.75 Å². The molecule has 1 aliphatic rings. The van der Waals surface area contributed by atoms with Crippen molar-refractivity contribution in [3.8, 4) is 22.9 Å². The third kappa shape index (κ3) is 3.72. The second kappa shape index (κ2) is 7.86. The van der Waals surface area contributed by atoms with Gasteiger partial charge in [-0.15, -0.1) is 0 Å². The summed E-state index contributed by atoms with van der Waals surface area (Å²) in [6, 6.07) is 9.00. The molecule has 0 aromatic heterocycles. The molecule has 0 saturated heterocycles. The van der Waals surface area contributed by atoms with Gasteiger partial charge < -0.3 is 5.11 Å². The third-order valence-corrected chi connectivity index (χ3v) is 5.50. The number of benzene rings is 2. The maximum Gasteiger partial charge on any atom is 0.145 e. The lowest BCUT2D eigenvalue weighted by molar-refractivity contribution is 0.308. The fourth-order valence-electron chi connectivity index (χ4n) is 4.07. The fraction of sp³-hybridized carbons (Fsp3) is 0.409. The summed E-state index contributed by atoms with van der Waals surface area (Å²) in [5.74, 6) is -0.579. The highest BCUT2D eigenvalue weighted by Crippen LogP contribution is 2.39. The molecule has 2 nitrogen and oxygen atoms in total. The van der Waals surface area contributed by atoms with Crippen LogP contribution in [0.25, 0.3) is 11.1 Å². The maximum atomic E-state index is 14.7. The van der Waals surface area contributed by atoms with Gasteiger partial charge in [0.1, 0.15) is 29.0 Å². The Hall–Kier alpha value is -2.41. The summed E-state index contributed by atoms with van der Waals surface area (Å²) in [7, 11) is 0. The molecule has 0 unspecified atom stereocenters. The zero-order chi connectivity index (χ0) is 18.7. The van der Waals surface area contributed by atoms with Crippen LogP contribution in [-0.4, -0.2) is 5.11 Å². The number of phenols is 1. The van der Waals surface area contributed by atoms with E-state index in [9.17, 15) is 13.9 Å². The number of aromatic hydroxyl groups is 1. The SMILES string of the molecule is CCCC1CCC(c2ccc(-c3cc(O)c(C#N)c(F)c3)c(F)c2)CC1. The summed E-state index contributed by atoms with van der Waals surface area (Å²) in [5, 5.41) is 18.6. The van der Waals surface area contributed by atoms with Crippen LogP contribution in [-0.2, 0) is 0 Å². The van der Waals surface area contributed by atoms with Crippen molar-refractivity contribution < 1.29 is 13.9 Å². The van der Waals surface area contributed by atoms with Crippen molar-refractivity contribution in [1.82, 2.24) is 0 Å². The van der Waals surface area contributed by atoms with Crippen molar-refractivity contribution in [3.05, 3.63) is 53.1 Å². The van der Waals surface area contributed by atoms with Crippen molar-refractivity contribution in [2.45, 2.75) is 51.4 Å². The topological polar surface area (TPSA) is 44.0 Å². The lowest BCUT2D eigenvalue weighted by atomic mass is 9.77. The largest absolute Gasteiger partial charge is 0.506 e. The highest BCUT2D eigenvalue weighted by atomic mass is 19.1. The highest BCUT2D eigenvalue weighted by Gasteiger charge is 2.23. The first-order chi connectivity index (χ1) is 12.5. The number of nitrogens with zero attached hydrogens (tertiary/aromatic N) is 1. The van der Waals surface area contributed by atoms with E-state index in [0.717, 1.165) is 30.4 Å². The van der Waals surface area contributed by atoms with Crippen LogP contribution in [0.15, 0.2) is 30.3 Å². The molecule has 0 atom stereocenters. The molecule has 136 valence electrons. The van der Waals surface area contributed by atoms with Gasteiger partial charge in [0.2, 0.25) is 0 Å². The van der Waals surface area contributed by atoms with Gasteiger partial charge in [-0.3, -0.25) is 0 Å². The first kappa shape index (κ1) is 18.4. The summed E-state index contributed by atoms with van der Waals surface area (Å²) < 4.78 is 28.6. The van der Waals surface area contributed by atoms with Crippen LogP contribution in [0, 0.1) is 28.9 Å². The minimum absolute atomic E-state index is 0.229. The molecule has 2 aromatic carbocycles. The predicted octanol–water partition coefficient (Wildman–Crippen LogP) is 6.28. The van der Waals surface area contributed by atoms with Gasteiger partial charge in [-0.1, -0.05) is 31.9 Å². The van der Waals surface area contributed by atoms with Gasteiger partial charge in [0, 0.05) is 5.56 Å². The lowest BCUT2D eigenvalue weighted by Gasteiger charge is -2.28. The molecular weight excluding hydrogens is 332 g/mol. The Balaban J connectivity index is 1.82.